The first-order valence-corrected chi connectivity index (χ1v) is 6.75. The third-order valence-corrected chi connectivity index (χ3v) is 3.50. The lowest BCUT2D eigenvalue weighted by molar-refractivity contribution is 0.0698. The van der Waals surface area contributed by atoms with Crippen molar-refractivity contribution in [1.29, 1.82) is 0 Å². The summed E-state index contributed by atoms with van der Waals surface area (Å²) < 4.78 is 0.730. The molecule has 0 aliphatic rings. The van der Waals surface area contributed by atoms with Gasteiger partial charge in [-0.05, 0) is 29.8 Å². The van der Waals surface area contributed by atoms with Crippen LogP contribution >= 0.6 is 27.5 Å². The number of hydrogen-bond acceptors (Lipinski definition) is 2. The van der Waals surface area contributed by atoms with E-state index in [1.807, 2.05) is 18.2 Å². The van der Waals surface area contributed by atoms with Crippen LogP contribution in [0.15, 0.2) is 46.9 Å². The van der Waals surface area contributed by atoms with Gasteiger partial charge in [-0.3, -0.25) is 0 Å². The van der Waals surface area contributed by atoms with Crippen LogP contribution in [0.1, 0.15) is 15.9 Å². The van der Waals surface area contributed by atoms with E-state index in [1.54, 1.807) is 24.3 Å². The molecule has 2 N–H and O–H groups in total. The Labute approximate surface area is 124 Å². The molecule has 19 heavy (non-hydrogen) atoms. The van der Waals surface area contributed by atoms with Crippen molar-refractivity contribution in [2.75, 3.05) is 5.32 Å². The monoisotopic (exact) mass is 339 g/mol. The Kier molecular flexibility index (Phi) is 4.45. The van der Waals surface area contributed by atoms with Gasteiger partial charge in [0.2, 0.25) is 0 Å². The molecule has 0 amide bonds. The molecule has 0 aliphatic heterocycles. The van der Waals surface area contributed by atoms with E-state index >= 15 is 0 Å². The lowest BCUT2D eigenvalue weighted by Crippen LogP contribution is -2.06. The van der Waals surface area contributed by atoms with Crippen LogP contribution in [0.2, 0.25) is 5.02 Å². The number of aromatic carboxylic acids is 1. The highest BCUT2D eigenvalue weighted by Gasteiger charge is 2.10. The zero-order chi connectivity index (χ0) is 13.8. The van der Waals surface area contributed by atoms with Crippen LogP contribution in [0.25, 0.3) is 0 Å². The van der Waals surface area contributed by atoms with E-state index in [1.165, 1.54) is 0 Å². The minimum Gasteiger partial charge on any atom is -0.478 e. The van der Waals surface area contributed by atoms with Gasteiger partial charge in [0.1, 0.15) is 0 Å². The van der Waals surface area contributed by atoms with Crippen molar-refractivity contribution >= 4 is 39.2 Å². The zero-order valence-corrected chi connectivity index (χ0v) is 12.2. The Morgan fingerprint density at radius 1 is 1.26 bits per heavy atom. The van der Waals surface area contributed by atoms with Crippen molar-refractivity contribution in [3.05, 3.63) is 63.1 Å². The van der Waals surface area contributed by atoms with Crippen molar-refractivity contribution < 1.29 is 9.90 Å². The molecular formula is C14H11BrClNO2. The van der Waals surface area contributed by atoms with E-state index in [0.29, 0.717) is 17.3 Å². The van der Waals surface area contributed by atoms with Crippen molar-refractivity contribution in [1.82, 2.24) is 0 Å². The molecule has 0 saturated carbocycles. The van der Waals surface area contributed by atoms with Gasteiger partial charge in [-0.15, -0.1) is 0 Å². The second kappa shape index (κ2) is 6.08. The molecule has 0 fully saturated rings. The van der Waals surface area contributed by atoms with Crippen LogP contribution in [-0.4, -0.2) is 11.1 Å². The summed E-state index contributed by atoms with van der Waals surface area (Å²) in [7, 11) is 0. The lowest BCUT2D eigenvalue weighted by Gasteiger charge is -2.11. The summed E-state index contributed by atoms with van der Waals surface area (Å²) in [6.45, 7) is 0.474. The lowest BCUT2D eigenvalue weighted by atomic mass is 10.1. The fourth-order valence-corrected chi connectivity index (χ4v) is 2.24. The van der Waals surface area contributed by atoms with E-state index in [2.05, 4.69) is 21.2 Å². The fourth-order valence-electron chi connectivity index (χ4n) is 1.68. The van der Waals surface area contributed by atoms with Gasteiger partial charge in [-0.2, -0.15) is 0 Å². The Morgan fingerprint density at radius 2 is 2.00 bits per heavy atom. The number of carboxylic acids is 1. The highest BCUT2D eigenvalue weighted by Crippen LogP contribution is 2.23. The minimum absolute atomic E-state index is 0.224. The molecule has 0 aromatic heterocycles. The Hall–Kier alpha value is -1.52. The molecule has 3 nitrogen and oxygen atoms in total. The number of carbonyl (C=O) groups is 1. The van der Waals surface area contributed by atoms with Gasteiger partial charge < -0.3 is 10.4 Å². The molecular weight excluding hydrogens is 330 g/mol. The van der Waals surface area contributed by atoms with Gasteiger partial charge in [0.15, 0.2) is 0 Å². The molecule has 2 aromatic rings. The second-order valence-corrected chi connectivity index (χ2v) is 5.26. The Balaban J connectivity index is 2.20. The third-order valence-electron chi connectivity index (χ3n) is 2.64. The smallest absolute Gasteiger partial charge is 0.337 e. The first-order valence-electron chi connectivity index (χ1n) is 5.58. The van der Waals surface area contributed by atoms with Gasteiger partial charge in [0.25, 0.3) is 0 Å². The third kappa shape index (κ3) is 3.49. The number of anilines is 1. The highest BCUT2D eigenvalue weighted by molar-refractivity contribution is 9.10. The van der Waals surface area contributed by atoms with Crippen molar-refractivity contribution in [2.45, 2.75) is 6.54 Å². The van der Waals surface area contributed by atoms with Crippen LogP contribution in [0.5, 0.6) is 0 Å². The Bertz CT molecular complexity index is 616. The number of carboxylic acid groups (broad SMARTS) is 1. The average molecular weight is 341 g/mol. The largest absolute Gasteiger partial charge is 0.478 e. The number of rotatable bonds is 4. The molecule has 5 heteroatoms. The quantitative estimate of drug-likeness (QED) is 0.866. The molecule has 0 heterocycles. The predicted molar refractivity (Wildman–Crippen MR) is 79.9 cm³/mol. The van der Waals surface area contributed by atoms with Gasteiger partial charge in [-0.25, -0.2) is 4.79 Å². The topological polar surface area (TPSA) is 49.3 Å². The fraction of sp³-hybridized carbons (Fsp3) is 0.0714. The molecule has 0 saturated heterocycles. The molecule has 0 atom stereocenters. The zero-order valence-electron chi connectivity index (χ0n) is 9.86. The number of nitrogens with one attached hydrogen (secondary N) is 1. The normalized spacial score (nSPS) is 10.2. The SMILES string of the molecule is O=C(O)c1cc(Br)ccc1NCc1ccccc1Cl. The van der Waals surface area contributed by atoms with E-state index in [9.17, 15) is 4.79 Å². The van der Waals surface area contributed by atoms with Crippen LogP contribution in [0.4, 0.5) is 5.69 Å². The summed E-state index contributed by atoms with van der Waals surface area (Å²) >= 11 is 9.31. The molecule has 0 bridgehead atoms. The molecule has 0 spiro atoms. The summed E-state index contributed by atoms with van der Waals surface area (Å²) in [5.41, 5.74) is 1.71. The Morgan fingerprint density at radius 3 is 2.68 bits per heavy atom. The summed E-state index contributed by atoms with van der Waals surface area (Å²) in [6, 6.07) is 12.5. The summed E-state index contributed by atoms with van der Waals surface area (Å²) in [4.78, 5) is 11.2. The average Bonchev–Trinajstić information content (AvgIpc) is 2.38. The summed E-state index contributed by atoms with van der Waals surface area (Å²) in [6.07, 6.45) is 0. The van der Waals surface area contributed by atoms with Crippen molar-refractivity contribution in [3.63, 3.8) is 0 Å². The predicted octanol–water partition coefficient (Wildman–Crippen LogP) is 4.41. The van der Waals surface area contributed by atoms with Crippen LogP contribution in [-0.2, 0) is 6.54 Å². The van der Waals surface area contributed by atoms with Crippen LogP contribution < -0.4 is 5.32 Å². The maximum absolute atomic E-state index is 11.2. The van der Waals surface area contributed by atoms with Crippen molar-refractivity contribution in [2.24, 2.45) is 0 Å². The van der Waals surface area contributed by atoms with E-state index in [4.69, 9.17) is 16.7 Å². The number of hydrogen-bond donors (Lipinski definition) is 2. The van der Waals surface area contributed by atoms with Crippen LogP contribution in [0, 0.1) is 0 Å². The summed E-state index contributed by atoms with van der Waals surface area (Å²) in [5.74, 6) is -0.969. The van der Waals surface area contributed by atoms with E-state index < -0.39 is 5.97 Å². The van der Waals surface area contributed by atoms with E-state index in [0.717, 1.165) is 10.0 Å². The maximum Gasteiger partial charge on any atom is 0.337 e. The van der Waals surface area contributed by atoms with Crippen LogP contribution in [0.3, 0.4) is 0 Å². The standard InChI is InChI=1S/C14H11BrClNO2/c15-10-5-6-13(11(7-10)14(18)19)17-8-9-3-1-2-4-12(9)16/h1-7,17H,8H2,(H,18,19). The molecule has 98 valence electrons. The maximum atomic E-state index is 11.2. The molecule has 2 aromatic carbocycles. The van der Waals surface area contributed by atoms with E-state index in [-0.39, 0.29) is 5.56 Å². The van der Waals surface area contributed by atoms with Gasteiger partial charge in [0.05, 0.1) is 5.56 Å². The summed E-state index contributed by atoms with van der Waals surface area (Å²) in [5, 5.41) is 12.9. The van der Waals surface area contributed by atoms with Gasteiger partial charge in [0, 0.05) is 21.7 Å². The first kappa shape index (κ1) is 13.9. The first-order chi connectivity index (χ1) is 9.08. The molecule has 0 aliphatic carbocycles. The number of halogens is 2. The molecule has 0 unspecified atom stereocenters. The number of benzene rings is 2. The highest BCUT2D eigenvalue weighted by atomic mass is 79.9. The minimum atomic E-state index is -0.969. The van der Waals surface area contributed by atoms with Crippen molar-refractivity contribution in [3.8, 4) is 0 Å². The van der Waals surface area contributed by atoms with Gasteiger partial charge in [-0.1, -0.05) is 45.7 Å². The molecule has 0 radical (unpaired) electrons. The van der Waals surface area contributed by atoms with Gasteiger partial charge >= 0.3 is 5.97 Å². The second-order valence-electron chi connectivity index (χ2n) is 3.94. The molecule has 2 rings (SSSR count).